The molecule has 0 radical (unpaired) electrons. The van der Waals surface area contributed by atoms with Crippen molar-refractivity contribution in [3.63, 3.8) is 0 Å². The number of hydrogen-bond donors (Lipinski definition) is 4. The summed E-state index contributed by atoms with van der Waals surface area (Å²) in [5.41, 5.74) is 8.94. The van der Waals surface area contributed by atoms with Gasteiger partial charge in [-0.2, -0.15) is 0 Å². The number of aliphatic imine (C=N–C) groups is 3. The van der Waals surface area contributed by atoms with Crippen molar-refractivity contribution in [3.05, 3.63) is 59.7 Å². The van der Waals surface area contributed by atoms with Gasteiger partial charge < -0.3 is 29.7 Å². The fourth-order valence-corrected chi connectivity index (χ4v) is 5.28. The molecule has 0 aromatic heterocycles. The summed E-state index contributed by atoms with van der Waals surface area (Å²) in [6.45, 7) is -0.426. The maximum absolute atomic E-state index is 13.3. The summed E-state index contributed by atoms with van der Waals surface area (Å²) in [5.74, 6) is -0.739. The van der Waals surface area contributed by atoms with E-state index >= 15 is 0 Å². The second-order valence-electron chi connectivity index (χ2n) is 9.14. The Bertz CT molecular complexity index is 1270. The number of amidine groups is 1. The first-order chi connectivity index (χ1) is 17.4. The predicted molar refractivity (Wildman–Crippen MR) is 129 cm³/mol. The molecule has 1 aliphatic carbocycles. The average Bonchev–Trinajstić information content (AvgIpc) is 3.56. The van der Waals surface area contributed by atoms with Crippen LogP contribution in [0.1, 0.15) is 17.0 Å². The maximum Gasteiger partial charge on any atom is 0.355 e. The minimum atomic E-state index is -1.93. The van der Waals surface area contributed by atoms with Gasteiger partial charge in [-0.1, -0.05) is 48.5 Å². The van der Waals surface area contributed by atoms with E-state index in [9.17, 15) is 20.1 Å². The van der Waals surface area contributed by atoms with Gasteiger partial charge in [0.15, 0.2) is 12.1 Å². The quantitative estimate of drug-likeness (QED) is 0.410. The predicted octanol–water partition coefficient (Wildman–Crippen LogP) is -0.409. The Kier molecular flexibility index (Phi) is 5.47. The third-order valence-corrected chi connectivity index (χ3v) is 7.15. The summed E-state index contributed by atoms with van der Waals surface area (Å²) in [5, 5.41) is 29.9. The van der Waals surface area contributed by atoms with Crippen molar-refractivity contribution in [1.82, 2.24) is 4.90 Å². The van der Waals surface area contributed by atoms with Gasteiger partial charge in [0, 0.05) is 5.92 Å². The van der Waals surface area contributed by atoms with E-state index in [0.29, 0.717) is 0 Å². The van der Waals surface area contributed by atoms with Crippen molar-refractivity contribution in [2.24, 2.45) is 20.7 Å². The van der Waals surface area contributed by atoms with Gasteiger partial charge in [0.2, 0.25) is 0 Å². The van der Waals surface area contributed by atoms with Crippen LogP contribution in [-0.2, 0) is 14.3 Å². The molecule has 1 fully saturated rings. The molecule has 2 aromatic rings. The van der Waals surface area contributed by atoms with Gasteiger partial charge in [0.1, 0.15) is 43.6 Å². The highest BCUT2D eigenvalue weighted by Crippen LogP contribution is 2.44. The first-order valence-corrected chi connectivity index (χ1v) is 11.6. The summed E-state index contributed by atoms with van der Waals surface area (Å²) in [6, 6.07) is 16.0. The molecule has 1 unspecified atom stereocenters. The highest BCUT2D eigenvalue weighted by molar-refractivity contribution is 6.51. The second-order valence-corrected chi connectivity index (χ2v) is 9.14. The number of nitrogens with two attached hydrogens (primary N) is 1. The monoisotopic (exact) mass is 491 g/mol. The number of hydrogen-bond acceptors (Lipinski definition) is 11. The molecule has 3 heterocycles. The maximum atomic E-state index is 13.3. The van der Waals surface area contributed by atoms with Crippen molar-refractivity contribution in [1.29, 1.82) is 0 Å². The van der Waals surface area contributed by atoms with Crippen LogP contribution in [0.4, 0.5) is 0 Å². The van der Waals surface area contributed by atoms with E-state index in [1.807, 2.05) is 48.5 Å². The molecule has 0 saturated carbocycles. The van der Waals surface area contributed by atoms with Crippen LogP contribution >= 0.6 is 0 Å². The topological polar surface area (TPSA) is 163 Å². The minimum absolute atomic E-state index is 0.0280. The fourth-order valence-electron chi connectivity index (χ4n) is 5.28. The van der Waals surface area contributed by atoms with Crippen LogP contribution in [0.5, 0.6) is 0 Å². The number of carbonyl (C=O) groups is 1. The molecule has 5 atom stereocenters. The lowest BCUT2D eigenvalue weighted by atomic mass is 9.98. The highest BCUT2D eigenvalue weighted by atomic mass is 16.6. The SMILES string of the molecule is NC1(C(=O)OCC2c3ccccc3-c3ccccc32)N=CN=C2C1=NCN2[C@@H]1O[C@H](CO)[C@@H](O)[C@H]1O. The van der Waals surface area contributed by atoms with Crippen LogP contribution in [0.2, 0.25) is 0 Å². The largest absolute Gasteiger partial charge is 0.462 e. The summed E-state index contributed by atoms with van der Waals surface area (Å²) >= 11 is 0. The standard InChI is InChI=1S/C25H25N5O6/c26-25(21-22(27-11-29-25)30(12-28-21)23-20(33)19(32)18(9-31)36-23)24(34)35-10-17-15-7-3-1-5-13(15)14-6-2-4-8-16(14)17/h1-8,11,17-20,23,31-33H,9-10,12,26H2/t18-,19-,20-,23-,25?/m1/s1. The van der Waals surface area contributed by atoms with Crippen LogP contribution in [0.15, 0.2) is 63.5 Å². The molecule has 0 amide bonds. The summed E-state index contributed by atoms with van der Waals surface area (Å²) in [7, 11) is 0. The summed E-state index contributed by atoms with van der Waals surface area (Å²) < 4.78 is 11.3. The summed E-state index contributed by atoms with van der Waals surface area (Å²) in [6.07, 6.45) is -3.45. The zero-order valence-corrected chi connectivity index (χ0v) is 19.1. The molecular weight excluding hydrogens is 466 g/mol. The Balaban J connectivity index is 1.20. The fraction of sp³-hybridized carbons (Fsp3) is 0.360. The van der Waals surface area contributed by atoms with Crippen LogP contribution in [0.3, 0.4) is 0 Å². The lowest BCUT2D eigenvalue weighted by Crippen LogP contribution is -2.60. The molecule has 11 nitrogen and oxygen atoms in total. The minimum Gasteiger partial charge on any atom is -0.462 e. The number of esters is 1. The van der Waals surface area contributed by atoms with Crippen molar-refractivity contribution < 1.29 is 29.6 Å². The van der Waals surface area contributed by atoms with E-state index in [2.05, 4.69) is 15.0 Å². The number of ether oxygens (including phenoxy) is 2. The zero-order valence-electron chi connectivity index (χ0n) is 19.1. The molecule has 3 aliphatic heterocycles. The molecule has 2 aromatic carbocycles. The Labute approximate surface area is 206 Å². The van der Waals surface area contributed by atoms with E-state index < -0.39 is 42.8 Å². The summed E-state index contributed by atoms with van der Waals surface area (Å²) in [4.78, 5) is 27.5. The van der Waals surface area contributed by atoms with Crippen LogP contribution in [-0.4, -0.2) is 94.2 Å². The third-order valence-electron chi connectivity index (χ3n) is 7.15. The number of rotatable bonds is 5. The average molecular weight is 492 g/mol. The van der Waals surface area contributed by atoms with Gasteiger partial charge >= 0.3 is 5.97 Å². The smallest absolute Gasteiger partial charge is 0.355 e. The molecule has 0 bridgehead atoms. The number of fused-ring (bicyclic) bond motifs is 4. The molecule has 5 N–H and O–H groups in total. The molecule has 36 heavy (non-hydrogen) atoms. The van der Waals surface area contributed by atoms with Gasteiger partial charge in [-0.15, -0.1) is 0 Å². The lowest BCUT2D eigenvalue weighted by molar-refractivity contribution is -0.147. The lowest BCUT2D eigenvalue weighted by Gasteiger charge is -2.31. The van der Waals surface area contributed by atoms with Crippen molar-refractivity contribution in [3.8, 4) is 11.1 Å². The normalized spacial score (nSPS) is 30.5. The van der Waals surface area contributed by atoms with E-state index in [4.69, 9.17) is 15.2 Å². The zero-order chi connectivity index (χ0) is 25.0. The van der Waals surface area contributed by atoms with Crippen molar-refractivity contribution >= 4 is 23.9 Å². The number of aliphatic hydroxyl groups is 3. The van der Waals surface area contributed by atoms with Crippen LogP contribution < -0.4 is 5.73 Å². The van der Waals surface area contributed by atoms with Crippen LogP contribution in [0.25, 0.3) is 11.1 Å². The first kappa shape index (κ1) is 23.0. The van der Waals surface area contributed by atoms with Gasteiger partial charge in [-0.3, -0.25) is 10.7 Å². The first-order valence-electron chi connectivity index (χ1n) is 11.6. The van der Waals surface area contributed by atoms with Gasteiger partial charge in [-0.05, 0) is 22.3 Å². The van der Waals surface area contributed by atoms with E-state index in [1.165, 1.54) is 4.90 Å². The number of nitrogens with zero attached hydrogens (tertiary/aromatic N) is 4. The molecule has 186 valence electrons. The van der Waals surface area contributed by atoms with Crippen LogP contribution in [0, 0.1) is 0 Å². The highest BCUT2D eigenvalue weighted by Gasteiger charge is 2.53. The Morgan fingerprint density at radius 1 is 1.11 bits per heavy atom. The number of aliphatic hydroxyl groups excluding tert-OH is 3. The Morgan fingerprint density at radius 2 is 1.78 bits per heavy atom. The molecule has 0 spiro atoms. The van der Waals surface area contributed by atoms with Gasteiger partial charge in [0.25, 0.3) is 5.66 Å². The molecule has 11 heteroatoms. The van der Waals surface area contributed by atoms with E-state index in [0.717, 1.165) is 28.6 Å². The van der Waals surface area contributed by atoms with Crippen molar-refractivity contribution in [2.45, 2.75) is 36.1 Å². The second kappa shape index (κ2) is 8.57. The Hall–Kier alpha value is -3.48. The van der Waals surface area contributed by atoms with Crippen molar-refractivity contribution in [2.75, 3.05) is 19.9 Å². The Morgan fingerprint density at radius 3 is 2.42 bits per heavy atom. The third kappa shape index (κ3) is 3.32. The van der Waals surface area contributed by atoms with E-state index in [-0.39, 0.29) is 30.7 Å². The molecule has 1 saturated heterocycles. The van der Waals surface area contributed by atoms with Gasteiger partial charge in [-0.25, -0.2) is 14.8 Å². The number of benzene rings is 2. The van der Waals surface area contributed by atoms with E-state index in [1.54, 1.807) is 0 Å². The molecule has 6 rings (SSSR count). The van der Waals surface area contributed by atoms with Gasteiger partial charge in [0.05, 0.1) is 6.61 Å². The number of carbonyl (C=O) groups excluding carboxylic acids is 1. The molecule has 4 aliphatic rings. The molecular formula is C25H25N5O6.